The number of aliphatic hydroxyl groups is 1. The van der Waals surface area contributed by atoms with Gasteiger partial charge in [0.05, 0.1) is 36.7 Å². The van der Waals surface area contributed by atoms with Crippen LogP contribution in [0.5, 0.6) is 5.88 Å². The minimum Gasteiger partial charge on any atom is -0.469 e. The van der Waals surface area contributed by atoms with Gasteiger partial charge in [0.1, 0.15) is 23.1 Å². The lowest BCUT2D eigenvalue weighted by molar-refractivity contribution is 0.0297. The molecule has 2 fully saturated rings. The summed E-state index contributed by atoms with van der Waals surface area (Å²) in [4.78, 5) is 39.0. The zero-order chi connectivity index (χ0) is 27.9. The summed E-state index contributed by atoms with van der Waals surface area (Å²) in [6.45, 7) is 8.84. The average Bonchev–Trinajstić information content (AvgIpc) is 3.19. The zero-order valence-corrected chi connectivity index (χ0v) is 22.6. The Kier molecular flexibility index (Phi) is 7.34. The van der Waals surface area contributed by atoms with Crippen molar-refractivity contribution in [2.75, 3.05) is 43.0 Å². The Morgan fingerprint density at radius 1 is 1.28 bits per heavy atom. The fraction of sp³-hybridized carbons (Fsp3) is 0.556. The van der Waals surface area contributed by atoms with Crippen molar-refractivity contribution in [1.29, 1.82) is 0 Å². The van der Waals surface area contributed by atoms with Gasteiger partial charge in [0.15, 0.2) is 0 Å². The largest absolute Gasteiger partial charge is 0.469 e. The molecule has 0 radical (unpaired) electrons. The Balaban J connectivity index is 1.57. The summed E-state index contributed by atoms with van der Waals surface area (Å²) in [5, 5.41) is 11.4. The number of hydrogen-bond acceptors (Lipinski definition) is 9. The van der Waals surface area contributed by atoms with Crippen molar-refractivity contribution in [3.63, 3.8) is 0 Å². The smallest absolute Gasteiger partial charge is 0.412 e. The number of anilines is 2. The van der Waals surface area contributed by atoms with Gasteiger partial charge in [-0.25, -0.2) is 14.2 Å². The first kappa shape index (κ1) is 27.1. The van der Waals surface area contributed by atoms with Crippen LogP contribution in [0.4, 0.5) is 20.8 Å². The SMILES string of the molecule is CCN1CC(C)(C)Oc2nc(N3CC4CCC(C3)O4)nc(-c3ccc(NC(=O)OC(C)CO)c(F)c3)c2C1=O. The highest BCUT2D eigenvalue weighted by Gasteiger charge is 2.39. The summed E-state index contributed by atoms with van der Waals surface area (Å²) < 4.78 is 32.5. The third-order valence-corrected chi connectivity index (χ3v) is 7.06. The molecular formula is C27H34FN5O6. The molecule has 3 atom stereocenters. The third kappa shape index (κ3) is 5.62. The predicted molar refractivity (Wildman–Crippen MR) is 140 cm³/mol. The van der Waals surface area contributed by atoms with Crippen LogP contribution in [0.15, 0.2) is 18.2 Å². The maximum Gasteiger partial charge on any atom is 0.412 e. The average molecular weight is 544 g/mol. The van der Waals surface area contributed by atoms with E-state index >= 15 is 4.39 Å². The van der Waals surface area contributed by atoms with E-state index in [9.17, 15) is 9.59 Å². The van der Waals surface area contributed by atoms with Gasteiger partial charge in [-0.2, -0.15) is 4.98 Å². The van der Waals surface area contributed by atoms with Crippen LogP contribution in [-0.4, -0.2) is 88.7 Å². The second-order valence-corrected chi connectivity index (χ2v) is 10.8. The summed E-state index contributed by atoms with van der Waals surface area (Å²) in [5.41, 5.74) is -0.0814. The molecule has 11 nitrogen and oxygen atoms in total. The normalized spacial score (nSPS) is 22.6. The van der Waals surface area contributed by atoms with E-state index in [0.717, 1.165) is 12.8 Å². The van der Waals surface area contributed by atoms with E-state index in [1.807, 2.05) is 25.7 Å². The maximum atomic E-state index is 15.2. The molecule has 0 spiro atoms. The number of amides is 2. The van der Waals surface area contributed by atoms with Gasteiger partial charge in [-0.05, 0) is 52.7 Å². The van der Waals surface area contributed by atoms with Crippen molar-refractivity contribution >= 4 is 23.6 Å². The minimum atomic E-state index is -0.896. The van der Waals surface area contributed by atoms with Crippen LogP contribution in [0.1, 0.15) is 50.9 Å². The lowest BCUT2D eigenvalue weighted by Gasteiger charge is -2.33. The maximum absolute atomic E-state index is 15.2. The molecule has 5 rings (SSSR count). The molecule has 39 heavy (non-hydrogen) atoms. The van der Waals surface area contributed by atoms with Crippen molar-refractivity contribution in [1.82, 2.24) is 14.9 Å². The van der Waals surface area contributed by atoms with Crippen LogP contribution in [0, 0.1) is 5.82 Å². The molecule has 0 aliphatic carbocycles. The van der Waals surface area contributed by atoms with Crippen molar-refractivity contribution in [2.24, 2.45) is 0 Å². The molecule has 3 aliphatic rings. The molecule has 0 saturated carbocycles. The van der Waals surface area contributed by atoms with E-state index in [0.29, 0.717) is 37.7 Å². The van der Waals surface area contributed by atoms with Gasteiger partial charge in [-0.1, -0.05) is 6.07 Å². The molecule has 2 bridgehead atoms. The number of carbonyl (C=O) groups excluding carboxylic acids is 2. The topological polar surface area (TPSA) is 126 Å². The number of morpholine rings is 1. The first-order valence-corrected chi connectivity index (χ1v) is 13.3. The van der Waals surface area contributed by atoms with Crippen molar-refractivity contribution in [2.45, 2.75) is 64.4 Å². The number of benzene rings is 1. The first-order chi connectivity index (χ1) is 18.6. The van der Waals surface area contributed by atoms with Crippen LogP contribution >= 0.6 is 0 Å². The van der Waals surface area contributed by atoms with Gasteiger partial charge in [0, 0.05) is 25.2 Å². The third-order valence-electron chi connectivity index (χ3n) is 7.06. The molecule has 2 aromatic rings. The van der Waals surface area contributed by atoms with Crippen LogP contribution < -0.4 is 15.0 Å². The van der Waals surface area contributed by atoms with E-state index < -0.39 is 23.6 Å². The highest BCUT2D eigenvalue weighted by molar-refractivity contribution is 6.03. The molecule has 2 amide bonds. The van der Waals surface area contributed by atoms with Crippen LogP contribution in [0.2, 0.25) is 0 Å². The van der Waals surface area contributed by atoms with Gasteiger partial charge >= 0.3 is 6.09 Å². The second-order valence-electron chi connectivity index (χ2n) is 10.8. The molecule has 2 saturated heterocycles. The van der Waals surface area contributed by atoms with Gasteiger partial charge in [-0.3, -0.25) is 10.1 Å². The van der Waals surface area contributed by atoms with E-state index in [1.54, 1.807) is 11.0 Å². The number of aliphatic hydroxyl groups excluding tert-OH is 1. The number of aromatic nitrogens is 2. The van der Waals surface area contributed by atoms with E-state index in [-0.39, 0.29) is 47.5 Å². The number of fused-ring (bicyclic) bond motifs is 3. The quantitative estimate of drug-likeness (QED) is 0.565. The Bertz CT molecular complexity index is 1260. The molecule has 1 aromatic carbocycles. The molecule has 1 aromatic heterocycles. The van der Waals surface area contributed by atoms with Crippen LogP contribution in [0.25, 0.3) is 11.3 Å². The Morgan fingerprint density at radius 2 is 2.00 bits per heavy atom. The van der Waals surface area contributed by atoms with E-state index in [1.165, 1.54) is 19.1 Å². The zero-order valence-electron chi connectivity index (χ0n) is 22.6. The number of carbonyl (C=O) groups is 2. The molecule has 2 N–H and O–H groups in total. The van der Waals surface area contributed by atoms with Crippen molar-refractivity contribution in [3.8, 4) is 17.1 Å². The molecule has 3 aliphatic heterocycles. The van der Waals surface area contributed by atoms with E-state index in [4.69, 9.17) is 29.3 Å². The fourth-order valence-electron chi connectivity index (χ4n) is 5.19. The summed E-state index contributed by atoms with van der Waals surface area (Å²) in [7, 11) is 0. The number of likely N-dealkylation sites (N-methyl/N-ethyl adjacent to an activating group) is 1. The number of ether oxygens (including phenoxy) is 3. The fourth-order valence-corrected chi connectivity index (χ4v) is 5.19. The molecule has 12 heteroatoms. The number of halogens is 1. The number of nitrogens with one attached hydrogen (secondary N) is 1. The van der Waals surface area contributed by atoms with E-state index in [2.05, 4.69) is 5.32 Å². The number of rotatable bonds is 6. The monoisotopic (exact) mass is 543 g/mol. The van der Waals surface area contributed by atoms with Gasteiger partial charge < -0.3 is 29.1 Å². The number of nitrogens with zero attached hydrogens (tertiary/aromatic N) is 4. The summed E-state index contributed by atoms with van der Waals surface area (Å²) in [5.74, 6) is -0.495. The Labute approximate surface area is 226 Å². The lowest BCUT2D eigenvalue weighted by Crippen LogP contribution is -2.43. The lowest BCUT2D eigenvalue weighted by atomic mass is 10.0. The standard InChI is InChI=1S/C27H34FN5O6/c1-5-32-14-27(3,4)39-23-21(24(32)35)22(30-25(31-23)33-11-17-7-8-18(12-33)38-17)16-6-9-20(19(28)10-16)29-26(36)37-15(2)13-34/h6,9-10,15,17-18,34H,5,7-8,11-14H2,1-4H3,(H,29,36). The first-order valence-electron chi connectivity index (χ1n) is 13.3. The summed E-state index contributed by atoms with van der Waals surface area (Å²) in [6, 6.07) is 4.16. The molecular weight excluding hydrogens is 509 g/mol. The Hall–Kier alpha value is -3.51. The molecule has 4 heterocycles. The van der Waals surface area contributed by atoms with Gasteiger partial charge in [-0.15, -0.1) is 0 Å². The van der Waals surface area contributed by atoms with Crippen molar-refractivity contribution in [3.05, 3.63) is 29.6 Å². The van der Waals surface area contributed by atoms with Crippen LogP contribution in [-0.2, 0) is 9.47 Å². The summed E-state index contributed by atoms with van der Waals surface area (Å²) in [6.07, 6.45) is 0.458. The molecule has 210 valence electrons. The highest BCUT2D eigenvalue weighted by Crippen LogP contribution is 2.38. The van der Waals surface area contributed by atoms with Gasteiger partial charge in [0.25, 0.3) is 5.91 Å². The number of hydrogen-bond donors (Lipinski definition) is 2. The summed E-state index contributed by atoms with van der Waals surface area (Å²) >= 11 is 0. The Morgan fingerprint density at radius 3 is 2.64 bits per heavy atom. The predicted octanol–water partition coefficient (Wildman–Crippen LogP) is 3.21. The minimum absolute atomic E-state index is 0.0836. The van der Waals surface area contributed by atoms with Gasteiger partial charge in [0.2, 0.25) is 11.8 Å². The second kappa shape index (κ2) is 10.6. The van der Waals surface area contributed by atoms with Crippen molar-refractivity contribution < 1.29 is 33.3 Å². The highest BCUT2D eigenvalue weighted by atomic mass is 19.1. The van der Waals surface area contributed by atoms with Crippen LogP contribution in [0.3, 0.4) is 0 Å². The molecule has 3 unspecified atom stereocenters.